The minimum atomic E-state index is -0.121. The van der Waals surface area contributed by atoms with Gasteiger partial charge in [-0.3, -0.25) is 9.78 Å². The van der Waals surface area contributed by atoms with Gasteiger partial charge >= 0.3 is 0 Å². The molecule has 0 fully saturated rings. The number of nitrogens with one attached hydrogen (secondary N) is 1. The largest absolute Gasteiger partial charge is 0.346 e. The highest BCUT2D eigenvalue weighted by Crippen LogP contribution is 2.23. The van der Waals surface area contributed by atoms with Gasteiger partial charge in [-0.2, -0.15) is 5.10 Å². The van der Waals surface area contributed by atoms with Gasteiger partial charge in [-0.1, -0.05) is 6.07 Å². The van der Waals surface area contributed by atoms with Gasteiger partial charge in [0.1, 0.15) is 0 Å². The van der Waals surface area contributed by atoms with Crippen molar-refractivity contribution in [1.29, 1.82) is 0 Å². The van der Waals surface area contributed by atoms with Crippen LogP contribution in [0.5, 0.6) is 0 Å². The summed E-state index contributed by atoms with van der Waals surface area (Å²) in [7, 11) is 0. The van der Waals surface area contributed by atoms with Crippen LogP contribution in [0, 0.1) is 20.8 Å². The average molecular weight is 399 g/mol. The SMILES string of the molecule is Cc1cccc(CNC(=O)c2ccc(-n3nc(C)c(Br)c3C)cc2)n1. The third-order valence-electron chi connectivity index (χ3n) is 3.95. The molecular formula is C19H19BrN4O. The highest BCUT2D eigenvalue weighted by Gasteiger charge is 2.11. The van der Waals surface area contributed by atoms with Gasteiger partial charge in [0.05, 0.1) is 33.8 Å². The number of rotatable bonds is 4. The fourth-order valence-corrected chi connectivity index (χ4v) is 2.85. The molecule has 25 heavy (non-hydrogen) atoms. The molecule has 0 radical (unpaired) electrons. The Morgan fingerprint density at radius 2 is 1.84 bits per heavy atom. The Labute approximate surface area is 155 Å². The number of aromatic nitrogens is 3. The normalized spacial score (nSPS) is 10.7. The molecule has 0 saturated heterocycles. The lowest BCUT2D eigenvalue weighted by molar-refractivity contribution is 0.0950. The molecule has 0 aliphatic carbocycles. The smallest absolute Gasteiger partial charge is 0.251 e. The van der Waals surface area contributed by atoms with Crippen LogP contribution in [-0.2, 0) is 6.54 Å². The van der Waals surface area contributed by atoms with Crippen LogP contribution in [0.1, 0.15) is 33.1 Å². The second-order valence-corrected chi connectivity index (χ2v) is 6.69. The molecule has 5 nitrogen and oxygen atoms in total. The first-order chi connectivity index (χ1) is 12.0. The molecule has 2 aromatic heterocycles. The van der Waals surface area contributed by atoms with Crippen molar-refractivity contribution in [1.82, 2.24) is 20.1 Å². The summed E-state index contributed by atoms with van der Waals surface area (Å²) in [5, 5.41) is 7.39. The van der Waals surface area contributed by atoms with Crippen LogP contribution in [-0.4, -0.2) is 20.7 Å². The number of hydrogen-bond acceptors (Lipinski definition) is 3. The molecule has 0 spiro atoms. The molecule has 0 aliphatic heterocycles. The highest BCUT2D eigenvalue weighted by molar-refractivity contribution is 9.10. The van der Waals surface area contributed by atoms with E-state index in [1.165, 1.54) is 0 Å². The van der Waals surface area contributed by atoms with E-state index in [0.29, 0.717) is 12.1 Å². The Bertz CT molecular complexity index is 916. The van der Waals surface area contributed by atoms with Crippen LogP contribution in [0.3, 0.4) is 0 Å². The predicted molar refractivity (Wildman–Crippen MR) is 101 cm³/mol. The molecule has 0 aliphatic rings. The Hall–Kier alpha value is -2.47. The van der Waals surface area contributed by atoms with Crippen molar-refractivity contribution in [2.75, 3.05) is 0 Å². The van der Waals surface area contributed by atoms with Crippen LogP contribution in [0.4, 0.5) is 0 Å². The third-order valence-corrected chi connectivity index (χ3v) is 5.10. The maximum Gasteiger partial charge on any atom is 0.251 e. The molecule has 3 aromatic rings. The lowest BCUT2D eigenvalue weighted by atomic mass is 10.2. The summed E-state index contributed by atoms with van der Waals surface area (Å²) in [6.07, 6.45) is 0. The molecule has 3 rings (SSSR count). The van der Waals surface area contributed by atoms with Gasteiger partial charge in [0, 0.05) is 11.3 Å². The van der Waals surface area contributed by atoms with E-state index in [1.807, 2.05) is 55.8 Å². The molecule has 128 valence electrons. The standard InChI is InChI=1S/C19H19BrN4O/c1-12-5-4-6-16(22-12)11-21-19(25)15-7-9-17(10-8-15)24-14(3)18(20)13(2)23-24/h4-10H,11H2,1-3H3,(H,21,25). The Balaban J connectivity index is 1.71. The van der Waals surface area contributed by atoms with Gasteiger partial charge in [0.25, 0.3) is 5.91 Å². The molecule has 2 heterocycles. The van der Waals surface area contributed by atoms with E-state index in [9.17, 15) is 4.79 Å². The molecule has 0 atom stereocenters. The van der Waals surface area contributed by atoms with Crippen molar-refractivity contribution in [2.45, 2.75) is 27.3 Å². The quantitative estimate of drug-likeness (QED) is 0.724. The maximum atomic E-state index is 12.3. The van der Waals surface area contributed by atoms with Crippen molar-refractivity contribution in [3.05, 3.63) is 75.3 Å². The summed E-state index contributed by atoms with van der Waals surface area (Å²) in [6.45, 7) is 6.29. The summed E-state index contributed by atoms with van der Waals surface area (Å²) >= 11 is 3.53. The first-order valence-corrected chi connectivity index (χ1v) is 8.78. The first kappa shape index (κ1) is 17.4. The monoisotopic (exact) mass is 398 g/mol. The van der Waals surface area contributed by atoms with Gasteiger partial charge < -0.3 is 5.32 Å². The number of halogens is 1. The molecule has 0 unspecified atom stereocenters. The molecule has 0 bridgehead atoms. The van der Waals surface area contributed by atoms with Gasteiger partial charge in [0.2, 0.25) is 0 Å². The Morgan fingerprint density at radius 1 is 1.12 bits per heavy atom. The molecule has 6 heteroatoms. The number of carbonyl (C=O) groups excluding carboxylic acids is 1. The molecule has 0 saturated carbocycles. The summed E-state index contributed by atoms with van der Waals surface area (Å²) in [4.78, 5) is 16.7. The lowest BCUT2D eigenvalue weighted by Gasteiger charge is -2.08. The fraction of sp³-hybridized carbons (Fsp3) is 0.211. The first-order valence-electron chi connectivity index (χ1n) is 7.98. The zero-order valence-electron chi connectivity index (χ0n) is 14.4. The van der Waals surface area contributed by atoms with E-state index in [4.69, 9.17) is 0 Å². The molecule has 1 amide bonds. The Morgan fingerprint density at radius 3 is 2.44 bits per heavy atom. The molecule has 1 N–H and O–H groups in total. The van der Waals surface area contributed by atoms with E-state index in [2.05, 4.69) is 31.3 Å². The van der Waals surface area contributed by atoms with Crippen LogP contribution < -0.4 is 5.32 Å². The highest BCUT2D eigenvalue weighted by atomic mass is 79.9. The minimum absolute atomic E-state index is 0.121. The van der Waals surface area contributed by atoms with E-state index >= 15 is 0 Å². The zero-order valence-corrected chi connectivity index (χ0v) is 16.0. The molecule has 1 aromatic carbocycles. The number of hydrogen-bond donors (Lipinski definition) is 1. The number of pyridine rings is 1. The number of amides is 1. The lowest BCUT2D eigenvalue weighted by Crippen LogP contribution is -2.23. The summed E-state index contributed by atoms with van der Waals surface area (Å²) in [5.41, 5.74) is 5.27. The second-order valence-electron chi connectivity index (χ2n) is 5.90. The maximum absolute atomic E-state index is 12.3. The second kappa shape index (κ2) is 7.19. The third kappa shape index (κ3) is 3.79. The van der Waals surface area contributed by atoms with Gasteiger partial charge in [0.15, 0.2) is 0 Å². The Kier molecular flexibility index (Phi) is 4.99. The fourth-order valence-electron chi connectivity index (χ4n) is 2.60. The van der Waals surface area contributed by atoms with E-state index in [1.54, 1.807) is 12.1 Å². The van der Waals surface area contributed by atoms with Crippen molar-refractivity contribution in [2.24, 2.45) is 0 Å². The van der Waals surface area contributed by atoms with Crippen LogP contribution in [0.15, 0.2) is 46.9 Å². The van der Waals surface area contributed by atoms with Crippen molar-refractivity contribution < 1.29 is 4.79 Å². The van der Waals surface area contributed by atoms with Gasteiger partial charge in [-0.25, -0.2) is 4.68 Å². The minimum Gasteiger partial charge on any atom is -0.346 e. The van der Waals surface area contributed by atoms with Gasteiger partial charge in [-0.15, -0.1) is 0 Å². The summed E-state index contributed by atoms with van der Waals surface area (Å²) < 4.78 is 2.86. The van der Waals surface area contributed by atoms with E-state index in [0.717, 1.165) is 32.9 Å². The van der Waals surface area contributed by atoms with Crippen molar-refractivity contribution in [3.8, 4) is 5.69 Å². The van der Waals surface area contributed by atoms with Crippen LogP contribution in [0.25, 0.3) is 5.69 Å². The van der Waals surface area contributed by atoms with Gasteiger partial charge in [-0.05, 0) is 73.1 Å². The topological polar surface area (TPSA) is 59.8 Å². The zero-order chi connectivity index (χ0) is 18.0. The predicted octanol–water partition coefficient (Wildman–Crippen LogP) is 3.89. The summed E-state index contributed by atoms with van der Waals surface area (Å²) in [6, 6.07) is 13.2. The number of aryl methyl sites for hydroxylation is 2. The molecular weight excluding hydrogens is 380 g/mol. The van der Waals surface area contributed by atoms with Crippen molar-refractivity contribution >= 4 is 21.8 Å². The van der Waals surface area contributed by atoms with Crippen LogP contribution >= 0.6 is 15.9 Å². The van der Waals surface area contributed by atoms with Crippen LogP contribution in [0.2, 0.25) is 0 Å². The van der Waals surface area contributed by atoms with E-state index in [-0.39, 0.29) is 5.91 Å². The average Bonchev–Trinajstić information content (AvgIpc) is 2.87. The summed E-state index contributed by atoms with van der Waals surface area (Å²) in [5.74, 6) is -0.121. The van der Waals surface area contributed by atoms with Crippen molar-refractivity contribution in [3.63, 3.8) is 0 Å². The number of carbonyl (C=O) groups is 1. The van der Waals surface area contributed by atoms with E-state index < -0.39 is 0 Å². The number of benzene rings is 1. The number of nitrogens with zero attached hydrogens (tertiary/aromatic N) is 3.